The van der Waals surface area contributed by atoms with Gasteiger partial charge in [0.1, 0.15) is 5.56 Å². The first-order chi connectivity index (χ1) is 9.95. The summed E-state index contributed by atoms with van der Waals surface area (Å²) in [6.45, 7) is 3.52. The van der Waals surface area contributed by atoms with Gasteiger partial charge in [-0.3, -0.25) is 5.10 Å². The van der Waals surface area contributed by atoms with Crippen LogP contribution in [0.4, 0.5) is 0 Å². The Morgan fingerprint density at radius 3 is 2.95 bits per heavy atom. The van der Waals surface area contributed by atoms with E-state index in [0.717, 1.165) is 11.1 Å². The highest BCUT2D eigenvalue weighted by Crippen LogP contribution is 2.21. The van der Waals surface area contributed by atoms with Gasteiger partial charge in [0.15, 0.2) is 5.03 Å². The summed E-state index contributed by atoms with van der Waals surface area (Å²) >= 11 is 1.44. The maximum atomic E-state index is 12.3. The highest BCUT2D eigenvalue weighted by Gasteiger charge is 2.27. The smallest absolute Gasteiger partial charge is 0.342 e. The van der Waals surface area contributed by atoms with Crippen LogP contribution < -0.4 is 4.72 Å². The first kappa shape index (κ1) is 15.7. The predicted octanol–water partition coefficient (Wildman–Crippen LogP) is 1.69. The van der Waals surface area contributed by atoms with Crippen LogP contribution in [0, 0.1) is 0 Å². The van der Waals surface area contributed by atoms with Gasteiger partial charge < -0.3 is 4.74 Å². The van der Waals surface area contributed by atoms with Crippen LogP contribution >= 0.6 is 11.3 Å². The summed E-state index contributed by atoms with van der Waals surface area (Å²) in [6, 6.07) is 3.26. The second-order valence-electron chi connectivity index (χ2n) is 4.19. The molecule has 2 heterocycles. The highest BCUT2D eigenvalue weighted by molar-refractivity contribution is 7.89. The van der Waals surface area contributed by atoms with E-state index in [1.807, 2.05) is 17.5 Å². The minimum absolute atomic E-state index is 0.109. The van der Waals surface area contributed by atoms with Crippen molar-refractivity contribution in [3.8, 4) is 0 Å². The fraction of sp³-hybridized carbons (Fsp3) is 0.333. The van der Waals surface area contributed by atoms with Crippen LogP contribution in [-0.4, -0.2) is 31.2 Å². The maximum absolute atomic E-state index is 12.3. The number of sulfonamides is 1. The van der Waals surface area contributed by atoms with E-state index in [1.54, 1.807) is 13.8 Å². The normalized spacial score (nSPS) is 13.0. The molecule has 2 rings (SSSR count). The van der Waals surface area contributed by atoms with E-state index in [1.165, 1.54) is 11.3 Å². The van der Waals surface area contributed by atoms with Gasteiger partial charge in [-0.05, 0) is 25.3 Å². The van der Waals surface area contributed by atoms with Crippen molar-refractivity contribution in [3.05, 3.63) is 34.2 Å². The molecular weight excluding hydrogens is 314 g/mol. The van der Waals surface area contributed by atoms with Crippen molar-refractivity contribution < 1.29 is 17.9 Å². The van der Waals surface area contributed by atoms with E-state index in [2.05, 4.69) is 14.9 Å². The van der Waals surface area contributed by atoms with Gasteiger partial charge in [0.05, 0.1) is 18.8 Å². The van der Waals surface area contributed by atoms with Gasteiger partial charge in [-0.2, -0.15) is 5.10 Å². The molecule has 2 N–H and O–H groups in total. The van der Waals surface area contributed by atoms with E-state index >= 15 is 0 Å². The number of carbonyl (C=O) groups is 1. The second kappa shape index (κ2) is 6.37. The molecule has 0 radical (unpaired) electrons. The molecule has 0 amide bonds. The van der Waals surface area contributed by atoms with Gasteiger partial charge in [-0.15, -0.1) is 11.3 Å². The van der Waals surface area contributed by atoms with E-state index in [4.69, 9.17) is 4.74 Å². The van der Waals surface area contributed by atoms with E-state index < -0.39 is 22.0 Å². The lowest BCUT2D eigenvalue weighted by Gasteiger charge is -2.12. The summed E-state index contributed by atoms with van der Waals surface area (Å²) in [6.07, 6.45) is 1.14. The molecule has 0 unspecified atom stereocenters. The Bertz CT molecular complexity index is 707. The van der Waals surface area contributed by atoms with Crippen LogP contribution in [0.3, 0.4) is 0 Å². The lowest BCUT2D eigenvalue weighted by molar-refractivity contribution is 0.0522. The minimum atomic E-state index is -3.90. The Hall–Kier alpha value is -1.71. The van der Waals surface area contributed by atoms with Gasteiger partial charge in [0.25, 0.3) is 10.0 Å². The molecule has 0 saturated carbocycles. The standard InChI is InChI=1S/C12H15N3O4S2/c1-3-19-12(16)9-7-13-14-11(9)21(17,18)15-8(2)10-5-4-6-20-10/h4-8,15H,3H2,1-2H3,(H,13,14)/t8-/m0/s1. The number of hydrogen-bond acceptors (Lipinski definition) is 6. The highest BCUT2D eigenvalue weighted by atomic mass is 32.2. The molecule has 0 saturated heterocycles. The Balaban J connectivity index is 2.24. The van der Waals surface area contributed by atoms with Crippen molar-refractivity contribution in [3.63, 3.8) is 0 Å². The quantitative estimate of drug-likeness (QED) is 0.785. The number of thiophene rings is 1. The third kappa shape index (κ3) is 3.49. The summed E-state index contributed by atoms with van der Waals surface area (Å²) in [5.74, 6) is -0.726. The van der Waals surface area contributed by atoms with Gasteiger partial charge in [0.2, 0.25) is 0 Å². The molecule has 2 aromatic heterocycles. The molecular formula is C12H15N3O4S2. The van der Waals surface area contributed by atoms with Gasteiger partial charge in [-0.1, -0.05) is 6.07 Å². The van der Waals surface area contributed by atoms with E-state index in [0.29, 0.717) is 0 Å². The Kier molecular flexibility index (Phi) is 4.76. The number of esters is 1. The summed E-state index contributed by atoms with van der Waals surface area (Å²) < 4.78 is 32.0. The first-order valence-corrected chi connectivity index (χ1v) is 8.58. The predicted molar refractivity (Wildman–Crippen MR) is 77.6 cm³/mol. The molecule has 0 spiro atoms. The monoisotopic (exact) mass is 329 g/mol. The summed E-state index contributed by atoms with van der Waals surface area (Å²) in [5.41, 5.74) is -0.109. The fourth-order valence-electron chi connectivity index (χ4n) is 1.72. The van der Waals surface area contributed by atoms with E-state index in [-0.39, 0.29) is 17.2 Å². The second-order valence-corrected chi connectivity index (χ2v) is 6.82. The Morgan fingerprint density at radius 1 is 1.57 bits per heavy atom. The van der Waals surface area contributed by atoms with Gasteiger partial charge in [0, 0.05) is 4.88 Å². The lowest BCUT2D eigenvalue weighted by atomic mass is 10.3. The first-order valence-electron chi connectivity index (χ1n) is 6.22. The lowest BCUT2D eigenvalue weighted by Crippen LogP contribution is -2.28. The number of H-pyrrole nitrogens is 1. The minimum Gasteiger partial charge on any atom is -0.462 e. The van der Waals surface area contributed by atoms with Crippen molar-refractivity contribution in [2.75, 3.05) is 6.61 Å². The molecule has 0 bridgehead atoms. The van der Waals surface area contributed by atoms with Crippen molar-refractivity contribution in [2.24, 2.45) is 0 Å². The number of aromatic nitrogens is 2. The van der Waals surface area contributed by atoms with Crippen molar-refractivity contribution in [1.29, 1.82) is 0 Å². The van der Waals surface area contributed by atoms with Crippen LogP contribution in [0.1, 0.15) is 35.1 Å². The van der Waals surface area contributed by atoms with Gasteiger partial charge in [-0.25, -0.2) is 17.9 Å². The van der Waals surface area contributed by atoms with Crippen molar-refractivity contribution in [2.45, 2.75) is 24.9 Å². The summed E-state index contributed by atoms with van der Waals surface area (Å²) in [7, 11) is -3.90. The van der Waals surface area contributed by atoms with Crippen LogP contribution in [0.2, 0.25) is 0 Å². The van der Waals surface area contributed by atoms with Crippen molar-refractivity contribution in [1.82, 2.24) is 14.9 Å². The molecule has 0 aliphatic heterocycles. The zero-order chi connectivity index (χ0) is 15.5. The van der Waals surface area contributed by atoms with E-state index in [9.17, 15) is 13.2 Å². The zero-order valence-electron chi connectivity index (χ0n) is 11.5. The largest absolute Gasteiger partial charge is 0.462 e. The molecule has 7 nitrogen and oxygen atoms in total. The SMILES string of the molecule is CCOC(=O)c1cn[nH]c1S(=O)(=O)N[C@@H](C)c1cccs1. The number of hydrogen-bond donors (Lipinski definition) is 2. The number of nitrogens with one attached hydrogen (secondary N) is 2. The topological polar surface area (TPSA) is 101 Å². The third-order valence-corrected chi connectivity index (χ3v) is 5.24. The Labute approximate surface area is 126 Å². The van der Waals surface area contributed by atoms with Crippen LogP contribution in [0.15, 0.2) is 28.7 Å². The van der Waals surface area contributed by atoms with Gasteiger partial charge >= 0.3 is 5.97 Å². The number of carbonyl (C=O) groups excluding carboxylic acids is 1. The maximum Gasteiger partial charge on any atom is 0.342 e. The molecule has 0 aliphatic carbocycles. The van der Waals surface area contributed by atoms with Crippen LogP contribution in [0.25, 0.3) is 0 Å². The number of aromatic amines is 1. The van der Waals surface area contributed by atoms with Crippen LogP contribution in [0.5, 0.6) is 0 Å². The number of nitrogens with zero attached hydrogens (tertiary/aromatic N) is 1. The van der Waals surface area contributed by atoms with Crippen molar-refractivity contribution >= 4 is 27.3 Å². The zero-order valence-corrected chi connectivity index (χ0v) is 13.1. The molecule has 0 fully saturated rings. The van der Waals surface area contributed by atoms with Crippen LogP contribution in [-0.2, 0) is 14.8 Å². The molecule has 1 atom stereocenters. The molecule has 114 valence electrons. The molecule has 0 aliphatic rings. The molecule has 0 aromatic carbocycles. The Morgan fingerprint density at radius 2 is 2.33 bits per heavy atom. The average molecular weight is 329 g/mol. The molecule has 2 aromatic rings. The fourth-order valence-corrected chi connectivity index (χ4v) is 3.84. The summed E-state index contributed by atoms with van der Waals surface area (Å²) in [5, 5.41) is 7.53. The average Bonchev–Trinajstić information content (AvgIpc) is 3.10. The summed E-state index contributed by atoms with van der Waals surface area (Å²) in [4.78, 5) is 12.6. The number of ether oxygens (including phenoxy) is 1. The third-order valence-electron chi connectivity index (χ3n) is 2.67. The molecule has 9 heteroatoms. The molecule has 21 heavy (non-hydrogen) atoms. The number of rotatable bonds is 6.